The Balaban J connectivity index is 1.94. The quantitative estimate of drug-likeness (QED) is 0.388. The number of carbonyl (C=O) groups is 1. The molecule has 0 saturated carbocycles. The normalized spacial score (nSPS) is 12.2. The summed E-state index contributed by atoms with van der Waals surface area (Å²) >= 11 is 0.753. The number of nitrogens with two attached hydrogens (primary N) is 1. The molecule has 0 saturated heterocycles. The van der Waals surface area contributed by atoms with Gasteiger partial charge in [0.1, 0.15) is 0 Å². The molecule has 0 spiro atoms. The molecule has 3 N–H and O–H groups in total. The van der Waals surface area contributed by atoms with Crippen molar-refractivity contribution in [3.8, 4) is 16.4 Å². The average Bonchev–Trinajstić information content (AvgIpc) is 3.37. The number of rotatable bonds is 7. The minimum Gasteiger partial charge on any atom is -0.352 e. The van der Waals surface area contributed by atoms with E-state index in [0.29, 0.717) is 24.1 Å². The predicted molar refractivity (Wildman–Crippen MR) is 105 cm³/mol. The molecule has 32 heavy (non-hydrogen) atoms. The molecule has 13 heteroatoms. The molecule has 172 valence electrons. The fourth-order valence-corrected chi connectivity index (χ4v) is 3.64. The summed E-state index contributed by atoms with van der Waals surface area (Å²) in [5, 5.41) is 7.13. The molecule has 0 radical (unpaired) electrons. The van der Waals surface area contributed by atoms with E-state index in [0.717, 1.165) is 29.7 Å². The number of hydrogen-bond acceptors (Lipinski definition) is 5. The van der Waals surface area contributed by atoms with Gasteiger partial charge in [-0.2, -0.15) is 31.4 Å². The fourth-order valence-electron chi connectivity index (χ4n) is 2.85. The van der Waals surface area contributed by atoms with E-state index in [9.17, 15) is 31.1 Å². The Hall–Kier alpha value is -2.93. The highest BCUT2D eigenvalue weighted by molar-refractivity contribution is 7.12. The zero-order chi connectivity index (χ0) is 23.5. The molecule has 2 aromatic heterocycles. The molecule has 0 unspecified atom stereocenters. The van der Waals surface area contributed by atoms with Crippen LogP contribution in [-0.2, 0) is 12.4 Å². The Labute approximate surface area is 182 Å². The van der Waals surface area contributed by atoms with E-state index in [4.69, 9.17) is 5.73 Å². The van der Waals surface area contributed by atoms with Gasteiger partial charge in [-0.1, -0.05) is 12.1 Å². The van der Waals surface area contributed by atoms with Crippen LogP contribution in [-0.4, -0.2) is 33.8 Å². The second-order valence-electron chi connectivity index (χ2n) is 6.66. The summed E-state index contributed by atoms with van der Waals surface area (Å²) in [5.74, 6) is -0.949. The number of alkyl halides is 6. The molecule has 0 bridgehead atoms. The number of thiazole rings is 1. The Bertz CT molecular complexity index is 1090. The lowest BCUT2D eigenvalue weighted by atomic mass is 10.1. The number of benzene rings is 1. The van der Waals surface area contributed by atoms with Gasteiger partial charge in [0.25, 0.3) is 5.91 Å². The highest BCUT2D eigenvalue weighted by Crippen LogP contribution is 2.36. The summed E-state index contributed by atoms with van der Waals surface area (Å²) in [6, 6.07) is 4.28. The third-order valence-electron chi connectivity index (χ3n) is 4.36. The van der Waals surface area contributed by atoms with Crippen LogP contribution in [0.5, 0.6) is 0 Å². The first-order valence-corrected chi connectivity index (χ1v) is 10.2. The van der Waals surface area contributed by atoms with Crippen molar-refractivity contribution in [1.29, 1.82) is 0 Å². The van der Waals surface area contributed by atoms with Gasteiger partial charge in [0.2, 0.25) is 5.13 Å². The lowest BCUT2D eigenvalue weighted by molar-refractivity contribution is -0.143. The van der Waals surface area contributed by atoms with Gasteiger partial charge >= 0.3 is 12.4 Å². The molecule has 1 aromatic carbocycles. The summed E-state index contributed by atoms with van der Waals surface area (Å²) in [4.78, 5) is 16.3. The number of halogens is 6. The molecule has 2 heterocycles. The zero-order valence-corrected chi connectivity index (χ0v) is 17.1. The van der Waals surface area contributed by atoms with Crippen LogP contribution in [0, 0.1) is 0 Å². The monoisotopic (exact) mass is 477 g/mol. The first-order valence-electron chi connectivity index (χ1n) is 9.29. The Kier molecular flexibility index (Phi) is 6.88. The van der Waals surface area contributed by atoms with Crippen LogP contribution in [0.15, 0.2) is 35.8 Å². The largest absolute Gasteiger partial charge is 0.434 e. The molecule has 3 aromatic rings. The topological polar surface area (TPSA) is 85.8 Å². The van der Waals surface area contributed by atoms with E-state index >= 15 is 0 Å². The van der Waals surface area contributed by atoms with Crippen molar-refractivity contribution >= 4 is 17.2 Å². The number of nitrogens with zero attached hydrogens (tertiary/aromatic N) is 3. The third kappa shape index (κ3) is 5.27. The molecule has 0 fully saturated rings. The van der Waals surface area contributed by atoms with Crippen molar-refractivity contribution in [1.82, 2.24) is 20.1 Å². The Morgan fingerprint density at radius 1 is 1.12 bits per heavy atom. The smallest absolute Gasteiger partial charge is 0.352 e. The van der Waals surface area contributed by atoms with E-state index in [1.54, 1.807) is 0 Å². The molecule has 0 aliphatic heterocycles. The van der Waals surface area contributed by atoms with E-state index in [1.807, 2.05) is 0 Å². The number of aromatic nitrogens is 3. The van der Waals surface area contributed by atoms with E-state index in [1.165, 1.54) is 17.5 Å². The minimum absolute atomic E-state index is 0.0486. The maximum atomic E-state index is 13.7. The molecule has 1 amide bonds. The van der Waals surface area contributed by atoms with Crippen molar-refractivity contribution in [2.24, 2.45) is 5.73 Å². The third-order valence-corrected chi connectivity index (χ3v) is 5.17. The number of nitrogens with one attached hydrogen (secondary N) is 1. The van der Waals surface area contributed by atoms with Crippen LogP contribution in [0.3, 0.4) is 0 Å². The van der Waals surface area contributed by atoms with Gasteiger partial charge < -0.3 is 11.1 Å². The van der Waals surface area contributed by atoms with Crippen LogP contribution < -0.4 is 11.1 Å². The Morgan fingerprint density at radius 3 is 2.53 bits per heavy atom. The van der Waals surface area contributed by atoms with Crippen LogP contribution in [0.2, 0.25) is 0 Å². The summed E-state index contributed by atoms with van der Waals surface area (Å²) < 4.78 is 80.5. The van der Waals surface area contributed by atoms with Gasteiger partial charge in [0.15, 0.2) is 5.69 Å². The standard InChI is InChI=1S/C19H17F6N5OS/c20-18(21,22)12-5-3-4-11(8-12)14-10-32-17(29-14)30-15(19(23,24)25)13(9-28-30)16(31)27-7-2-1-6-26/h3-5,8-10H,1-2,6-7,26H2,(H,27,31). The summed E-state index contributed by atoms with van der Waals surface area (Å²) in [6.07, 6.45) is -7.62. The molecule has 0 atom stereocenters. The number of unbranched alkanes of at least 4 members (excludes halogenated alkanes) is 1. The van der Waals surface area contributed by atoms with Gasteiger partial charge in [-0.3, -0.25) is 4.79 Å². The number of carbonyl (C=O) groups excluding carboxylic acids is 1. The van der Waals surface area contributed by atoms with Crippen LogP contribution in [0.25, 0.3) is 16.4 Å². The maximum Gasteiger partial charge on any atom is 0.434 e. The number of amides is 1. The van der Waals surface area contributed by atoms with E-state index in [2.05, 4.69) is 15.4 Å². The van der Waals surface area contributed by atoms with Crippen LogP contribution >= 0.6 is 11.3 Å². The zero-order valence-electron chi connectivity index (χ0n) is 16.3. The predicted octanol–water partition coefficient (Wildman–Crippen LogP) is 4.50. The summed E-state index contributed by atoms with van der Waals surface area (Å²) in [5.41, 5.74) is 2.57. The van der Waals surface area contributed by atoms with Gasteiger partial charge in [-0.15, -0.1) is 11.3 Å². The molecule has 0 aliphatic carbocycles. The lowest BCUT2D eigenvalue weighted by Gasteiger charge is -2.11. The van der Waals surface area contributed by atoms with Crippen molar-refractivity contribution in [2.75, 3.05) is 13.1 Å². The summed E-state index contributed by atoms with van der Waals surface area (Å²) in [6.45, 7) is 0.537. The van der Waals surface area contributed by atoms with Crippen molar-refractivity contribution in [3.63, 3.8) is 0 Å². The average molecular weight is 477 g/mol. The SMILES string of the molecule is NCCCCNC(=O)c1cnn(-c2nc(-c3cccc(C(F)(F)F)c3)cs2)c1C(F)(F)F. The molecular weight excluding hydrogens is 460 g/mol. The van der Waals surface area contributed by atoms with Crippen molar-refractivity contribution in [3.05, 3.63) is 52.7 Å². The Morgan fingerprint density at radius 2 is 1.88 bits per heavy atom. The first-order chi connectivity index (χ1) is 15.0. The van der Waals surface area contributed by atoms with E-state index in [-0.39, 0.29) is 22.9 Å². The lowest BCUT2D eigenvalue weighted by Crippen LogP contribution is -2.27. The summed E-state index contributed by atoms with van der Waals surface area (Å²) in [7, 11) is 0. The second-order valence-corrected chi connectivity index (χ2v) is 7.50. The second kappa shape index (κ2) is 9.28. The molecule has 3 rings (SSSR count). The van der Waals surface area contributed by atoms with Crippen LogP contribution in [0.4, 0.5) is 26.3 Å². The van der Waals surface area contributed by atoms with Crippen LogP contribution in [0.1, 0.15) is 34.5 Å². The van der Waals surface area contributed by atoms with Crippen molar-refractivity contribution < 1.29 is 31.1 Å². The van der Waals surface area contributed by atoms with Crippen molar-refractivity contribution in [2.45, 2.75) is 25.2 Å². The molecule has 6 nitrogen and oxygen atoms in total. The maximum absolute atomic E-state index is 13.7. The van der Waals surface area contributed by atoms with Gasteiger partial charge in [-0.05, 0) is 31.5 Å². The van der Waals surface area contributed by atoms with Gasteiger partial charge in [0, 0.05) is 17.5 Å². The number of hydrogen-bond donors (Lipinski definition) is 2. The fraction of sp³-hybridized carbons (Fsp3) is 0.316. The molecule has 0 aliphatic rings. The minimum atomic E-state index is -4.93. The molecular formula is C19H17F6N5OS. The van der Waals surface area contributed by atoms with E-state index < -0.39 is 35.1 Å². The first kappa shape index (κ1) is 23.7. The van der Waals surface area contributed by atoms with Gasteiger partial charge in [-0.25, -0.2) is 9.67 Å². The van der Waals surface area contributed by atoms with Gasteiger partial charge in [0.05, 0.1) is 23.0 Å². The highest BCUT2D eigenvalue weighted by Gasteiger charge is 2.41. The highest BCUT2D eigenvalue weighted by atomic mass is 32.1.